The Bertz CT molecular complexity index is 517. The SMILES string of the molecule is CC.CC1CCCC(c2ccc(C(C)CCC3CC3O)c(O)c2)C1.CN. The Hall–Kier alpha value is -1.06. The first-order valence-electron chi connectivity index (χ1n) is 10.6. The fraction of sp³-hybridized carbons (Fsp3) is 0.739. The van der Waals surface area contributed by atoms with Crippen molar-refractivity contribution in [2.75, 3.05) is 7.05 Å². The number of nitrogens with two attached hydrogens (primary N) is 1. The second kappa shape index (κ2) is 11.6. The van der Waals surface area contributed by atoms with Gasteiger partial charge in [0.1, 0.15) is 5.75 Å². The van der Waals surface area contributed by atoms with Crippen LogP contribution in [-0.4, -0.2) is 23.4 Å². The minimum absolute atomic E-state index is 0.0588. The molecule has 2 saturated carbocycles. The molecule has 0 heterocycles. The van der Waals surface area contributed by atoms with E-state index < -0.39 is 0 Å². The molecular formula is C23H41NO2. The van der Waals surface area contributed by atoms with E-state index in [9.17, 15) is 10.2 Å². The lowest BCUT2D eigenvalue weighted by atomic mass is 9.78. The van der Waals surface area contributed by atoms with Gasteiger partial charge in [0.25, 0.3) is 0 Å². The minimum atomic E-state index is -0.0588. The van der Waals surface area contributed by atoms with Crippen molar-refractivity contribution in [2.24, 2.45) is 17.6 Å². The van der Waals surface area contributed by atoms with Crippen LogP contribution in [0.25, 0.3) is 0 Å². The average molecular weight is 364 g/mol. The molecule has 150 valence electrons. The van der Waals surface area contributed by atoms with Crippen molar-refractivity contribution in [2.45, 2.75) is 90.6 Å². The number of phenols is 1. The zero-order valence-corrected chi connectivity index (χ0v) is 17.5. The molecule has 5 unspecified atom stereocenters. The van der Waals surface area contributed by atoms with Crippen molar-refractivity contribution in [3.05, 3.63) is 29.3 Å². The van der Waals surface area contributed by atoms with Crippen molar-refractivity contribution in [3.63, 3.8) is 0 Å². The molecule has 0 aliphatic heterocycles. The van der Waals surface area contributed by atoms with Crippen molar-refractivity contribution >= 4 is 0 Å². The standard InChI is InChI=1S/C20H30O2.C2H6.CH5N/c1-13-4-3-5-15(10-13)16-8-9-18(20(22)11-16)14(2)6-7-17-12-19(17)21;2*1-2/h8-9,11,13-15,17,19,21-22H,3-7,10,12H2,1-2H3;1-2H3;2H2,1H3. The van der Waals surface area contributed by atoms with Gasteiger partial charge in [-0.1, -0.05) is 52.7 Å². The molecule has 26 heavy (non-hydrogen) atoms. The zero-order chi connectivity index (χ0) is 19.7. The quantitative estimate of drug-likeness (QED) is 0.642. The Morgan fingerprint density at radius 2 is 1.81 bits per heavy atom. The van der Waals surface area contributed by atoms with Gasteiger partial charge in [-0.25, -0.2) is 0 Å². The topological polar surface area (TPSA) is 66.5 Å². The molecule has 0 aromatic heterocycles. The Labute approximate surface area is 161 Å². The fourth-order valence-corrected chi connectivity index (χ4v) is 4.13. The molecule has 2 fully saturated rings. The molecule has 2 aliphatic rings. The summed E-state index contributed by atoms with van der Waals surface area (Å²) in [5.41, 5.74) is 6.89. The van der Waals surface area contributed by atoms with Crippen LogP contribution in [0, 0.1) is 11.8 Å². The van der Waals surface area contributed by atoms with Crippen molar-refractivity contribution < 1.29 is 10.2 Å². The Balaban J connectivity index is 0.000000791. The summed E-state index contributed by atoms with van der Waals surface area (Å²) in [6.07, 6.45) is 8.22. The van der Waals surface area contributed by atoms with Gasteiger partial charge in [-0.3, -0.25) is 0 Å². The summed E-state index contributed by atoms with van der Waals surface area (Å²) in [4.78, 5) is 0. The monoisotopic (exact) mass is 363 g/mol. The number of hydrogen-bond donors (Lipinski definition) is 3. The van der Waals surface area contributed by atoms with E-state index in [1.807, 2.05) is 19.9 Å². The summed E-state index contributed by atoms with van der Waals surface area (Å²) in [6, 6.07) is 6.39. The highest BCUT2D eigenvalue weighted by molar-refractivity contribution is 5.40. The molecular weight excluding hydrogens is 322 g/mol. The molecule has 0 amide bonds. The largest absolute Gasteiger partial charge is 0.508 e. The first-order chi connectivity index (χ1) is 12.5. The van der Waals surface area contributed by atoms with E-state index in [1.165, 1.54) is 38.3 Å². The normalized spacial score (nSPS) is 28.1. The van der Waals surface area contributed by atoms with E-state index in [0.29, 0.717) is 23.5 Å². The fourth-order valence-electron chi connectivity index (χ4n) is 4.13. The molecule has 3 rings (SSSR count). The Morgan fingerprint density at radius 3 is 2.35 bits per heavy atom. The molecule has 1 aromatic carbocycles. The van der Waals surface area contributed by atoms with Gasteiger partial charge in [-0.2, -0.15) is 0 Å². The maximum atomic E-state index is 10.4. The molecule has 4 N–H and O–H groups in total. The van der Waals surface area contributed by atoms with E-state index in [0.717, 1.165) is 30.7 Å². The van der Waals surface area contributed by atoms with Gasteiger partial charge >= 0.3 is 0 Å². The third-order valence-corrected chi connectivity index (χ3v) is 5.85. The highest BCUT2D eigenvalue weighted by atomic mass is 16.3. The summed E-state index contributed by atoms with van der Waals surface area (Å²) in [5, 5.41) is 19.9. The molecule has 0 bridgehead atoms. The predicted molar refractivity (Wildman–Crippen MR) is 112 cm³/mol. The van der Waals surface area contributed by atoms with Crippen LogP contribution in [0.3, 0.4) is 0 Å². The molecule has 3 heteroatoms. The number of phenolic OH excluding ortho intramolecular Hbond substituents is 1. The molecule has 1 aromatic rings. The zero-order valence-electron chi connectivity index (χ0n) is 17.5. The van der Waals surface area contributed by atoms with E-state index >= 15 is 0 Å². The Morgan fingerprint density at radius 1 is 1.15 bits per heavy atom. The van der Waals surface area contributed by atoms with E-state index in [4.69, 9.17) is 0 Å². The van der Waals surface area contributed by atoms with Crippen molar-refractivity contribution in [1.29, 1.82) is 0 Å². The molecule has 3 nitrogen and oxygen atoms in total. The van der Waals surface area contributed by atoms with Gasteiger partial charge in [0.15, 0.2) is 0 Å². The summed E-state index contributed by atoms with van der Waals surface area (Å²) >= 11 is 0. The first kappa shape index (κ1) is 23.0. The Kier molecular flexibility index (Phi) is 10.3. The number of rotatable bonds is 5. The van der Waals surface area contributed by atoms with Crippen LogP contribution in [-0.2, 0) is 0 Å². The van der Waals surface area contributed by atoms with Gasteiger partial charge in [-0.05, 0) is 80.0 Å². The van der Waals surface area contributed by atoms with Gasteiger partial charge < -0.3 is 15.9 Å². The summed E-state index contributed by atoms with van der Waals surface area (Å²) in [5.74, 6) is 2.78. The molecule has 2 aliphatic carbocycles. The van der Waals surface area contributed by atoms with Gasteiger partial charge in [0.05, 0.1) is 6.10 Å². The maximum absolute atomic E-state index is 10.4. The van der Waals surface area contributed by atoms with Crippen LogP contribution in [0.15, 0.2) is 18.2 Å². The van der Waals surface area contributed by atoms with Crippen LogP contribution in [0.1, 0.15) is 95.6 Å². The smallest absolute Gasteiger partial charge is 0.119 e. The summed E-state index contributed by atoms with van der Waals surface area (Å²) in [6.45, 7) is 8.53. The van der Waals surface area contributed by atoms with E-state index in [2.05, 4.69) is 31.7 Å². The van der Waals surface area contributed by atoms with Gasteiger partial charge in [0.2, 0.25) is 0 Å². The van der Waals surface area contributed by atoms with Crippen LogP contribution >= 0.6 is 0 Å². The lowest BCUT2D eigenvalue weighted by Crippen LogP contribution is -2.11. The number of hydrogen-bond acceptors (Lipinski definition) is 3. The average Bonchev–Trinajstić information content (AvgIpc) is 3.38. The molecule has 0 spiro atoms. The van der Waals surface area contributed by atoms with E-state index in [1.54, 1.807) is 0 Å². The van der Waals surface area contributed by atoms with Gasteiger partial charge in [0, 0.05) is 0 Å². The summed E-state index contributed by atoms with van der Waals surface area (Å²) in [7, 11) is 1.50. The molecule has 5 atom stereocenters. The second-order valence-corrected chi connectivity index (χ2v) is 7.83. The maximum Gasteiger partial charge on any atom is 0.119 e. The highest BCUT2D eigenvalue weighted by Crippen LogP contribution is 2.41. The molecule has 0 radical (unpaired) electrons. The number of aliphatic hydroxyl groups is 1. The number of aliphatic hydroxyl groups excluding tert-OH is 1. The minimum Gasteiger partial charge on any atom is -0.508 e. The van der Waals surface area contributed by atoms with Gasteiger partial charge in [-0.15, -0.1) is 0 Å². The lowest BCUT2D eigenvalue weighted by Gasteiger charge is -2.27. The molecule has 0 saturated heterocycles. The van der Waals surface area contributed by atoms with Crippen LogP contribution in [0.5, 0.6) is 5.75 Å². The first-order valence-corrected chi connectivity index (χ1v) is 10.6. The van der Waals surface area contributed by atoms with Crippen LogP contribution in [0.4, 0.5) is 0 Å². The highest BCUT2D eigenvalue weighted by Gasteiger charge is 2.34. The van der Waals surface area contributed by atoms with Crippen LogP contribution in [0.2, 0.25) is 0 Å². The van der Waals surface area contributed by atoms with Crippen molar-refractivity contribution in [3.8, 4) is 5.75 Å². The third kappa shape index (κ3) is 6.59. The predicted octanol–water partition coefficient (Wildman–Crippen LogP) is 5.55. The second-order valence-electron chi connectivity index (χ2n) is 7.83. The number of aromatic hydroxyl groups is 1. The third-order valence-electron chi connectivity index (χ3n) is 5.85. The number of benzene rings is 1. The summed E-state index contributed by atoms with van der Waals surface area (Å²) < 4.78 is 0. The van der Waals surface area contributed by atoms with Crippen molar-refractivity contribution in [1.82, 2.24) is 0 Å². The van der Waals surface area contributed by atoms with Crippen LogP contribution < -0.4 is 5.73 Å². The lowest BCUT2D eigenvalue weighted by molar-refractivity contribution is 0.255. The van der Waals surface area contributed by atoms with E-state index in [-0.39, 0.29) is 6.10 Å².